The number of non-ortho nitro benzene ring substituents is 1. The Bertz CT molecular complexity index is 1200. The molecule has 0 radical (unpaired) electrons. The minimum absolute atomic E-state index is 0.0481. The molecule has 1 aliphatic rings. The number of amides is 1. The van der Waals surface area contributed by atoms with Gasteiger partial charge in [0, 0.05) is 23.8 Å². The Balaban J connectivity index is 1.98. The third-order valence-corrected chi connectivity index (χ3v) is 6.29. The number of esters is 2. The van der Waals surface area contributed by atoms with Crippen LogP contribution in [0.3, 0.4) is 0 Å². The van der Waals surface area contributed by atoms with Gasteiger partial charge in [0.05, 0.1) is 41.4 Å². The number of nitriles is 1. The van der Waals surface area contributed by atoms with E-state index in [1.807, 2.05) is 0 Å². The minimum Gasteiger partial charge on any atom is -0.468 e. The molecular weight excluding hydrogens is 462 g/mol. The molecule has 2 aromatic carbocycles. The number of allylic oxidation sites excluding steroid dienone is 1. The van der Waals surface area contributed by atoms with Crippen LogP contribution in [0.4, 0.5) is 5.69 Å². The molecule has 0 saturated heterocycles. The van der Waals surface area contributed by atoms with E-state index in [9.17, 15) is 29.8 Å². The van der Waals surface area contributed by atoms with E-state index in [-0.39, 0.29) is 21.9 Å². The highest BCUT2D eigenvalue weighted by molar-refractivity contribution is 8.02. The van der Waals surface area contributed by atoms with E-state index in [0.29, 0.717) is 11.3 Å². The largest absolute Gasteiger partial charge is 0.468 e. The molecule has 2 atom stereocenters. The van der Waals surface area contributed by atoms with Crippen molar-refractivity contribution in [2.45, 2.75) is 11.7 Å². The molecule has 11 heteroatoms. The molecule has 2 aromatic rings. The number of carbonyl (C=O) groups excluding carboxylic acids is 3. The number of benzene rings is 2. The van der Waals surface area contributed by atoms with Crippen molar-refractivity contribution in [1.82, 2.24) is 5.32 Å². The third kappa shape index (κ3) is 5.07. The summed E-state index contributed by atoms with van der Waals surface area (Å²) in [5, 5.41) is 23.7. The summed E-state index contributed by atoms with van der Waals surface area (Å²) in [6.07, 6.45) is 0. The zero-order valence-corrected chi connectivity index (χ0v) is 19.0. The summed E-state index contributed by atoms with van der Waals surface area (Å²) in [6.45, 7) is 0. The second kappa shape index (κ2) is 10.6. The predicted molar refractivity (Wildman–Crippen MR) is 121 cm³/mol. The molecule has 0 aromatic heterocycles. The van der Waals surface area contributed by atoms with Crippen LogP contribution in [0.5, 0.6) is 0 Å². The SMILES string of the molecule is COC(=O)c1ccc([C@@H]2C(C#N)=C(SCc3ccc([N+](=O)[O-])cc3)NC(=O)[C@H]2C(=O)OC)cc1. The number of thioether (sulfide) groups is 1. The van der Waals surface area contributed by atoms with Gasteiger partial charge < -0.3 is 14.8 Å². The molecule has 3 rings (SSSR count). The standard InChI is InChI=1S/C23H19N3O7S/c1-32-22(28)15-7-5-14(6-8-15)18-17(11-24)21(25-20(27)19(18)23(29)33-2)34-12-13-3-9-16(10-4-13)26(30)31/h3-10,18-19H,12H2,1-2H3,(H,25,27)/t18-,19+/m1/s1. The highest BCUT2D eigenvalue weighted by atomic mass is 32.2. The molecule has 34 heavy (non-hydrogen) atoms. The van der Waals surface area contributed by atoms with Gasteiger partial charge in [-0.05, 0) is 23.3 Å². The molecule has 174 valence electrons. The second-order valence-corrected chi connectivity index (χ2v) is 8.13. The van der Waals surface area contributed by atoms with Gasteiger partial charge in [0.25, 0.3) is 5.69 Å². The number of nitrogens with zero attached hydrogens (tertiary/aromatic N) is 2. The van der Waals surface area contributed by atoms with Crippen molar-refractivity contribution in [3.63, 3.8) is 0 Å². The van der Waals surface area contributed by atoms with Crippen LogP contribution in [0, 0.1) is 27.4 Å². The van der Waals surface area contributed by atoms with Crippen molar-refractivity contribution in [3.05, 3.63) is 85.9 Å². The Kier molecular flexibility index (Phi) is 7.65. The average Bonchev–Trinajstić information content (AvgIpc) is 2.86. The lowest BCUT2D eigenvalue weighted by Gasteiger charge is -2.31. The average molecular weight is 481 g/mol. The first-order chi connectivity index (χ1) is 16.3. The first kappa shape index (κ1) is 24.5. The van der Waals surface area contributed by atoms with Crippen molar-refractivity contribution in [3.8, 4) is 6.07 Å². The topological polar surface area (TPSA) is 149 Å². The summed E-state index contributed by atoms with van der Waals surface area (Å²) in [5.41, 5.74) is 1.60. The van der Waals surface area contributed by atoms with Crippen molar-refractivity contribution in [1.29, 1.82) is 5.26 Å². The van der Waals surface area contributed by atoms with Crippen molar-refractivity contribution < 1.29 is 28.8 Å². The molecular formula is C23H19N3O7S. The van der Waals surface area contributed by atoms with E-state index in [1.54, 1.807) is 24.3 Å². The number of hydrogen-bond acceptors (Lipinski definition) is 9. The number of hydrogen-bond donors (Lipinski definition) is 1. The molecule has 1 amide bonds. The zero-order chi connectivity index (χ0) is 24.8. The predicted octanol–water partition coefficient (Wildman–Crippen LogP) is 3.05. The maximum atomic E-state index is 12.9. The van der Waals surface area contributed by atoms with Gasteiger partial charge in [-0.25, -0.2) is 4.79 Å². The summed E-state index contributed by atoms with van der Waals surface area (Å²) in [5.74, 6) is -3.89. The number of methoxy groups -OCH3 is 2. The van der Waals surface area contributed by atoms with Crippen molar-refractivity contribution >= 4 is 35.3 Å². The van der Waals surface area contributed by atoms with Crippen LogP contribution in [0.1, 0.15) is 27.4 Å². The lowest BCUT2D eigenvalue weighted by Crippen LogP contribution is -2.44. The Hall–Kier alpha value is -4.17. The fourth-order valence-corrected chi connectivity index (χ4v) is 4.50. The lowest BCUT2D eigenvalue weighted by atomic mass is 9.78. The first-order valence-corrected chi connectivity index (χ1v) is 10.9. The molecule has 1 aliphatic heterocycles. The van der Waals surface area contributed by atoms with Crippen molar-refractivity contribution in [2.24, 2.45) is 5.92 Å². The summed E-state index contributed by atoms with van der Waals surface area (Å²) < 4.78 is 9.50. The van der Waals surface area contributed by atoms with Crippen LogP contribution in [-0.2, 0) is 24.8 Å². The number of rotatable bonds is 7. The number of ether oxygens (including phenoxy) is 2. The van der Waals surface area contributed by atoms with E-state index < -0.39 is 34.6 Å². The summed E-state index contributed by atoms with van der Waals surface area (Å²) >= 11 is 1.16. The molecule has 0 unspecified atom stereocenters. The van der Waals surface area contributed by atoms with Crippen LogP contribution in [-0.4, -0.2) is 37.0 Å². The molecule has 0 fully saturated rings. The summed E-state index contributed by atoms with van der Waals surface area (Å²) in [4.78, 5) is 47.4. The Morgan fingerprint density at radius 2 is 1.76 bits per heavy atom. The molecule has 1 N–H and O–H groups in total. The van der Waals surface area contributed by atoms with Gasteiger partial charge in [-0.3, -0.25) is 19.7 Å². The van der Waals surface area contributed by atoms with Crippen LogP contribution in [0.25, 0.3) is 0 Å². The van der Waals surface area contributed by atoms with Crippen LogP contribution in [0.2, 0.25) is 0 Å². The molecule has 10 nitrogen and oxygen atoms in total. The summed E-state index contributed by atoms with van der Waals surface area (Å²) in [6, 6.07) is 14.1. The number of nitro groups is 1. The quantitative estimate of drug-likeness (QED) is 0.272. The molecule has 0 saturated carbocycles. The number of nitro benzene ring substituents is 1. The van der Waals surface area contributed by atoms with Gasteiger partial charge in [-0.1, -0.05) is 24.3 Å². The number of nitrogens with one attached hydrogen (secondary N) is 1. The van der Waals surface area contributed by atoms with Gasteiger partial charge in [-0.15, -0.1) is 11.8 Å². The smallest absolute Gasteiger partial charge is 0.337 e. The zero-order valence-electron chi connectivity index (χ0n) is 18.1. The normalized spacial score (nSPS) is 17.4. The van der Waals surface area contributed by atoms with Gasteiger partial charge in [-0.2, -0.15) is 5.26 Å². The van der Waals surface area contributed by atoms with E-state index in [4.69, 9.17) is 4.74 Å². The van der Waals surface area contributed by atoms with E-state index in [1.165, 1.54) is 31.4 Å². The Morgan fingerprint density at radius 1 is 1.12 bits per heavy atom. The van der Waals surface area contributed by atoms with Crippen molar-refractivity contribution in [2.75, 3.05) is 14.2 Å². The Labute approximate surface area is 198 Å². The van der Waals surface area contributed by atoms with Crippen LogP contribution < -0.4 is 5.32 Å². The van der Waals surface area contributed by atoms with Gasteiger partial charge in [0.15, 0.2) is 0 Å². The van der Waals surface area contributed by atoms with E-state index >= 15 is 0 Å². The minimum atomic E-state index is -1.30. The van der Waals surface area contributed by atoms with Gasteiger partial charge in [0.2, 0.25) is 5.91 Å². The Morgan fingerprint density at radius 3 is 2.29 bits per heavy atom. The first-order valence-electron chi connectivity index (χ1n) is 9.88. The highest BCUT2D eigenvalue weighted by Gasteiger charge is 2.44. The fourth-order valence-electron chi connectivity index (χ4n) is 3.49. The highest BCUT2D eigenvalue weighted by Crippen LogP contribution is 2.41. The molecule has 1 heterocycles. The fraction of sp³-hybridized carbons (Fsp3) is 0.217. The third-order valence-electron chi connectivity index (χ3n) is 5.20. The van der Waals surface area contributed by atoms with Gasteiger partial charge in [0.1, 0.15) is 5.92 Å². The van der Waals surface area contributed by atoms with Crippen LogP contribution >= 0.6 is 11.8 Å². The second-order valence-electron chi connectivity index (χ2n) is 7.15. The monoisotopic (exact) mass is 481 g/mol. The maximum absolute atomic E-state index is 12.9. The van der Waals surface area contributed by atoms with Gasteiger partial charge >= 0.3 is 11.9 Å². The van der Waals surface area contributed by atoms with E-state index in [0.717, 1.165) is 24.4 Å². The lowest BCUT2D eigenvalue weighted by molar-refractivity contribution is -0.384. The molecule has 0 spiro atoms. The molecule has 0 aliphatic carbocycles. The molecule has 0 bridgehead atoms. The van der Waals surface area contributed by atoms with Crippen LogP contribution in [0.15, 0.2) is 59.1 Å². The number of carbonyl (C=O) groups is 3. The maximum Gasteiger partial charge on any atom is 0.337 e. The summed E-state index contributed by atoms with van der Waals surface area (Å²) in [7, 11) is 2.40. The van der Waals surface area contributed by atoms with E-state index in [2.05, 4.69) is 16.1 Å².